The van der Waals surface area contributed by atoms with Crippen LogP contribution in [0.25, 0.3) is 0 Å². The highest BCUT2D eigenvalue weighted by atomic mass is 16.3. The molecule has 4 heteroatoms. The summed E-state index contributed by atoms with van der Waals surface area (Å²) in [6, 6.07) is 9.35. The summed E-state index contributed by atoms with van der Waals surface area (Å²) in [6.07, 6.45) is 2.36. The molecule has 1 aromatic carbocycles. The van der Waals surface area contributed by atoms with Gasteiger partial charge in [-0.05, 0) is 18.6 Å². The number of carbonyl (C=O) groups is 1. The van der Waals surface area contributed by atoms with Gasteiger partial charge in [-0.15, -0.1) is 0 Å². The smallest absolute Gasteiger partial charge is 0.229 e. The Hall–Kier alpha value is -2.20. The molecular weight excluding hydrogens is 276 g/mol. The summed E-state index contributed by atoms with van der Waals surface area (Å²) in [5.74, 6) is -0.101. The molecule has 1 atom stereocenters. The molecule has 4 nitrogen and oxygen atoms in total. The molecule has 0 saturated carbocycles. The number of benzene rings is 1. The molecule has 0 aliphatic heterocycles. The van der Waals surface area contributed by atoms with Crippen LogP contribution in [0.4, 0.5) is 5.69 Å². The van der Waals surface area contributed by atoms with E-state index in [9.17, 15) is 9.90 Å². The summed E-state index contributed by atoms with van der Waals surface area (Å²) in [7, 11) is 0. The molecule has 0 unspecified atom stereocenters. The second kappa shape index (κ2) is 6.28. The lowest BCUT2D eigenvalue weighted by Gasteiger charge is -2.21. The van der Waals surface area contributed by atoms with E-state index in [1.54, 1.807) is 18.5 Å². The van der Waals surface area contributed by atoms with Gasteiger partial charge in [0.15, 0.2) is 0 Å². The van der Waals surface area contributed by atoms with Crippen LogP contribution >= 0.6 is 0 Å². The molecule has 116 valence electrons. The Balaban J connectivity index is 2.31. The van der Waals surface area contributed by atoms with Gasteiger partial charge in [0.2, 0.25) is 5.91 Å². The number of aliphatic hydroxyl groups excluding tert-OH is 1. The van der Waals surface area contributed by atoms with E-state index in [1.165, 1.54) is 0 Å². The molecule has 0 aliphatic rings. The van der Waals surface area contributed by atoms with Gasteiger partial charge in [0.05, 0.1) is 0 Å². The molecule has 0 spiro atoms. The van der Waals surface area contributed by atoms with E-state index in [0.29, 0.717) is 11.3 Å². The van der Waals surface area contributed by atoms with Crippen molar-refractivity contribution in [2.45, 2.75) is 33.8 Å². The summed E-state index contributed by atoms with van der Waals surface area (Å²) < 4.78 is 0. The fraction of sp³-hybridized carbons (Fsp3) is 0.333. The van der Waals surface area contributed by atoms with Crippen molar-refractivity contribution in [1.82, 2.24) is 4.98 Å². The summed E-state index contributed by atoms with van der Waals surface area (Å²) in [6.45, 7) is 7.54. The van der Waals surface area contributed by atoms with Gasteiger partial charge in [-0.1, -0.05) is 50.6 Å². The quantitative estimate of drug-likeness (QED) is 0.912. The standard InChI is InChI=1S/C18H22N2O2/c1-12-5-7-13(8-6-12)16(21)14-11-19-10-9-15(14)20-17(22)18(2,3)4/h5-11,16,21H,1-4H3,(H,19,20,22)/t16-/m0/s1. The predicted molar refractivity (Wildman–Crippen MR) is 87.6 cm³/mol. The van der Waals surface area contributed by atoms with Crippen molar-refractivity contribution in [2.24, 2.45) is 5.41 Å². The SMILES string of the molecule is Cc1ccc([C@H](O)c2cnccc2NC(=O)C(C)(C)C)cc1. The number of carbonyl (C=O) groups excluding carboxylic acids is 1. The van der Waals surface area contributed by atoms with E-state index in [4.69, 9.17) is 0 Å². The third kappa shape index (κ3) is 3.71. The molecule has 1 aromatic heterocycles. The molecule has 0 bridgehead atoms. The van der Waals surface area contributed by atoms with E-state index in [1.807, 2.05) is 52.0 Å². The van der Waals surface area contributed by atoms with Gasteiger partial charge in [0.25, 0.3) is 0 Å². The second-order valence-electron chi connectivity index (χ2n) is 6.48. The van der Waals surface area contributed by atoms with Gasteiger partial charge >= 0.3 is 0 Å². The normalized spacial score (nSPS) is 12.8. The number of nitrogens with zero attached hydrogens (tertiary/aromatic N) is 1. The number of aromatic nitrogens is 1. The minimum Gasteiger partial charge on any atom is -0.384 e. The fourth-order valence-corrected chi connectivity index (χ4v) is 1.98. The maximum Gasteiger partial charge on any atom is 0.229 e. The number of aliphatic hydroxyl groups is 1. The van der Waals surface area contributed by atoms with Crippen LogP contribution < -0.4 is 5.32 Å². The zero-order valence-corrected chi connectivity index (χ0v) is 13.4. The Kier molecular flexibility index (Phi) is 4.62. The molecule has 22 heavy (non-hydrogen) atoms. The number of pyridine rings is 1. The van der Waals surface area contributed by atoms with Crippen molar-refractivity contribution in [3.63, 3.8) is 0 Å². The van der Waals surface area contributed by atoms with Crippen LogP contribution in [0.3, 0.4) is 0 Å². The van der Waals surface area contributed by atoms with Gasteiger partial charge in [0.1, 0.15) is 6.10 Å². The third-order valence-corrected chi connectivity index (χ3v) is 3.47. The zero-order chi connectivity index (χ0) is 16.3. The molecular formula is C18H22N2O2. The number of aryl methyl sites for hydroxylation is 1. The summed E-state index contributed by atoms with van der Waals surface area (Å²) in [5, 5.41) is 13.5. The monoisotopic (exact) mass is 298 g/mol. The second-order valence-corrected chi connectivity index (χ2v) is 6.48. The predicted octanol–water partition coefficient (Wildman–Crippen LogP) is 3.46. The van der Waals surface area contributed by atoms with Crippen LogP contribution in [0.15, 0.2) is 42.7 Å². The molecule has 2 N–H and O–H groups in total. The van der Waals surface area contributed by atoms with Crippen LogP contribution in [0.5, 0.6) is 0 Å². The van der Waals surface area contributed by atoms with Crippen molar-refractivity contribution >= 4 is 11.6 Å². The van der Waals surface area contributed by atoms with Gasteiger partial charge in [0, 0.05) is 29.1 Å². The van der Waals surface area contributed by atoms with E-state index in [2.05, 4.69) is 10.3 Å². The first kappa shape index (κ1) is 16.2. The number of rotatable bonds is 3. The van der Waals surface area contributed by atoms with Gasteiger partial charge in [-0.3, -0.25) is 9.78 Å². The minimum atomic E-state index is -0.829. The highest BCUT2D eigenvalue weighted by Gasteiger charge is 2.23. The first-order chi connectivity index (χ1) is 10.3. The maximum absolute atomic E-state index is 12.2. The van der Waals surface area contributed by atoms with Gasteiger partial charge in [-0.2, -0.15) is 0 Å². The molecule has 2 rings (SSSR count). The number of nitrogens with one attached hydrogen (secondary N) is 1. The Labute approximate surface area is 131 Å². The molecule has 2 aromatic rings. The Morgan fingerprint density at radius 3 is 2.41 bits per heavy atom. The zero-order valence-electron chi connectivity index (χ0n) is 13.4. The average molecular weight is 298 g/mol. The largest absolute Gasteiger partial charge is 0.384 e. The lowest BCUT2D eigenvalue weighted by molar-refractivity contribution is -0.123. The third-order valence-electron chi connectivity index (χ3n) is 3.47. The maximum atomic E-state index is 12.2. The molecule has 0 fully saturated rings. The number of amides is 1. The van der Waals surface area contributed by atoms with E-state index in [0.717, 1.165) is 11.1 Å². The number of hydrogen-bond acceptors (Lipinski definition) is 3. The van der Waals surface area contributed by atoms with Crippen molar-refractivity contribution in [3.05, 3.63) is 59.4 Å². The highest BCUT2D eigenvalue weighted by molar-refractivity contribution is 5.95. The van der Waals surface area contributed by atoms with Gasteiger partial charge < -0.3 is 10.4 Å². The first-order valence-corrected chi connectivity index (χ1v) is 7.29. The van der Waals surface area contributed by atoms with E-state index < -0.39 is 11.5 Å². The summed E-state index contributed by atoms with van der Waals surface area (Å²) in [4.78, 5) is 16.2. The van der Waals surface area contributed by atoms with Crippen LogP contribution in [0.2, 0.25) is 0 Å². The minimum absolute atomic E-state index is 0.101. The average Bonchev–Trinajstić information content (AvgIpc) is 2.47. The van der Waals surface area contributed by atoms with Crippen molar-refractivity contribution < 1.29 is 9.90 Å². The van der Waals surface area contributed by atoms with Gasteiger partial charge in [-0.25, -0.2) is 0 Å². The van der Waals surface area contributed by atoms with Crippen molar-refractivity contribution in [2.75, 3.05) is 5.32 Å². The Bertz CT molecular complexity index is 658. The Morgan fingerprint density at radius 2 is 1.82 bits per heavy atom. The highest BCUT2D eigenvalue weighted by Crippen LogP contribution is 2.29. The fourth-order valence-electron chi connectivity index (χ4n) is 1.98. The number of anilines is 1. The summed E-state index contributed by atoms with van der Waals surface area (Å²) in [5.41, 5.74) is 2.57. The van der Waals surface area contributed by atoms with Crippen LogP contribution in [-0.4, -0.2) is 16.0 Å². The lowest BCUT2D eigenvalue weighted by Crippen LogP contribution is -2.28. The van der Waals surface area contributed by atoms with Crippen LogP contribution in [-0.2, 0) is 4.79 Å². The molecule has 1 amide bonds. The molecule has 0 saturated heterocycles. The van der Waals surface area contributed by atoms with Crippen LogP contribution in [0, 0.1) is 12.3 Å². The van der Waals surface area contributed by atoms with Crippen molar-refractivity contribution in [1.29, 1.82) is 0 Å². The molecule has 0 aliphatic carbocycles. The molecule has 1 heterocycles. The van der Waals surface area contributed by atoms with E-state index in [-0.39, 0.29) is 5.91 Å². The molecule has 0 radical (unpaired) electrons. The van der Waals surface area contributed by atoms with E-state index >= 15 is 0 Å². The van der Waals surface area contributed by atoms with Crippen molar-refractivity contribution in [3.8, 4) is 0 Å². The topological polar surface area (TPSA) is 62.2 Å². The summed E-state index contributed by atoms with van der Waals surface area (Å²) >= 11 is 0. The lowest BCUT2D eigenvalue weighted by atomic mass is 9.95. The van der Waals surface area contributed by atoms with Crippen LogP contribution in [0.1, 0.15) is 43.6 Å². The number of hydrogen-bond donors (Lipinski definition) is 2. The first-order valence-electron chi connectivity index (χ1n) is 7.29. The Morgan fingerprint density at radius 1 is 1.18 bits per heavy atom.